The number of sulfone groups is 1. The fraction of sp³-hybridized carbons (Fsp3) is 0.750. The van der Waals surface area contributed by atoms with Crippen molar-refractivity contribution in [3.63, 3.8) is 0 Å². The monoisotopic (exact) mass is 237 g/mol. The van der Waals surface area contributed by atoms with E-state index in [1.54, 1.807) is 0 Å². The standard InChI is InChI=1S/C6H11NO3S.C2H4O2/c8-4-1-7-2-5-11(9,10)6-3-7;1-2(3)4/h4H,1-3,5-6H2;1H3,(H,3,4). The normalized spacial score (nSPS) is 19.8. The molecule has 15 heavy (non-hydrogen) atoms. The molecule has 1 aliphatic heterocycles. The van der Waals surface area contributed by atoms with Crippen molar-refractivity contribution in [1.82, 2.24) is 4.90 Å². The molecule has 0 aliphatic carbocycles. The zero-order chi connectivity index (χ0) is 11.9. The highest BCUT2D eigenvalue weighted by molar-refractivity contribution is 7.91. The van der Waals surface area contributed by atoms with Gasteiger partial charge in [0.25, 0.3) is 5.97 Å². The molecular formula is C8H15NO5S. The van der Waals surface area contributed by atoms with Crippen LogP contribution in [0.25, 0.3) is 0 Å². The Morgan fingerprint density at radius 3 is 2.13 bits per heavy atom. The molecular weight excluding hydrogens is 222 g/mol. The van der Waals surface area contributed by atoms with Gasteiger partial charge in [-0.1, -0.05) is 0 Å². The van der Waals surface area contributed by atoms with Gasteiger partial charge in [0.15, 0.2) is 9.84 Å². The van der Waals surface area contributed by atoms with Crippen molar-refractivity contribution in [2.75, 3.05) is 31.1 Å². The zero-order valence-electron chi connectivity index (χ0n) is 8.55. The van der Waals surface area contributed by atoms with E-state index in [2.05, 4.69) is 0 Å². The molecule has 0 aromatic carbocycles. The molecule has 0 unspecified atom stereocenters. The summed E-state index contributed by atoms with van der Waals surface area (Å²) in [5.41, 5.74) is 0. The Balaban J connectivity index is 0.000000423. The maximum Gasteiger partial charge on any atom is 0.300 e. The Morgan fingerprint density at radius 2 is 1.80 bits per heavy atom. The third-order valence-electron chi connectivity index (χ3n) is 1.77. The number of carboxylic acids is 1. The topological polar surface area (TPSA) is 91.8 Å². The lowest BCUT2D eigenvalue weighted by Gasteiger charge is -2.23. The van der Waals surface area contributed by atoms with Crippen molar-refractivity contribution in [3.8, 4) is 0 Å². The summed E-state index contributed by atoms with van der Waals surface area (Å²) < 4.78 is 21.8. The molecule has 88 valence electrons. The minimum absolute atomic E-state index is 0.195. The van der Waals surface area contributed by atoms with Crippen LogP contribution in [0.1, 0.15) is 6.92 Å². The molecule has 1 N–H and O–H groups in total. The first-order valence-corrected chi connectivity index (χ1v) is 6.25. The number of carbonyl (C=O) groups is 2. The molecule has 1 aliphatic rings. The van der Waals surface area contributed by atoms with Crippen LogP contribution in [-0.4, -0.2) is 61.8 Å². The van der Waals surface area contributed by atoms with Gasteiger partial charge in [-0.3, -0.25) is 9.69 Å². The Hall–Kier alpha value is -0.950. The van der Waals surface area contributed by atoms with E-state index in [0.29, 0.717) is 19.6 Å². The van der Waals surface area contributed by atoms with E-state index < -0.39 is 15.8 Å². The lowest BCUT2D eigenvalue weighted by Crippen LogP contribution is -2.40. The summed E-state index contributed by atoms with van der Waals surface area (Å²) >= 11 is 0. The fourth-order valence-corrected chi connectivity index (χ4v) is 2.32. The van der Waals surface area contributed by atoms with Crippen LogP contribution in [0.4, 0.5) is 0 Å². The number of hydrogen-bond acceptors (Lipinski definition) is 5. The smallest absolute Gasteiger partial charge is 0.300 e. The minimum Gasteiger partial charge on any atom is -0.481 e. The van der Waals surface area contributed by atoms with E-state index in [9.17, 15) is 13.2 Å². The maximum atomic E-state index is 10.9. The number of nitrogens with zero attached hydrogens (tertiary/aromatic N) is 1. The Kier molecular flexibility index (Phi) is 6.11. The second-order valence-corrected chi connectivity index (χ2v) is 5.44. The number of carbonyl (C=O) groups excluding carboxylic acids is 1. The quantitative estimate of drug-likeness (QED) is 0.620. The lowest BCUT2D eigenvalue weighted by molar-refractivity contribution is -0.134. The van der Waals surface area contributed by atoms with Crippen LogP contribution >= 0.6 is 0 Å². The highest BCUT2D eigenvalue weighted by Gasteiger charge is 2.20. The number of aldehydes is 1. The van der Waals surface area contributed by atoms with Crippen LogP contribution in [0, 0.1) is 0 Å². The second-order valence-electron chi connectivity index (χ2n) is 3.14. The van der Waals surface area contributed by atoms with Crippen LogP contribution in [0.2, 0.25) is 0 Å². The number of hydrogen-bond donors (Lipinski definition) is 1. The van der Waals surface area contributed by atoms with Crippen molar-refractivity contribution in [2.45, 2.75) is 6.92 Å². The third-order valence-corrected chi connectivity index (χ3v) is 3.38. The predicted octanol–water partition coefficient (Wildman–Crippen LogP) is -0.993. The van der Waals surface area contributed by atoms with Gasteiger partial charge in [0.2, 0.25) is 0 Å². The lowest BCUT2D eigenvalue weighted by atomic mass is 10.5. The molecule has 0 spiro atoms. The Bertz CT molecular complexity index is 293. The fourth-order valence-electron chi connectivity index (χ4n) is 1.04. The zero-order valence-corrected chi connectivity index (χ0v) is 9.37. The van der Waals surface area contributed by atoms with Crippen molar-refractivity contribution < 1.29 is 23.1 Å². The SMILES string of the molecule is CC(=O)O.O=CCN1CCS(=O)(=O)CC1. The van der Waals surface area contributed by atoms with E-state index in [1.807, 2.05) is 4.90 Å². The first kappa shape index (κ1) is 14.1. The maximum absolute atomic E-state index is 10.9. The summed E-state index contributed by atoms with van der Waals surface area (Å²) in [6, 6.07) is 0. The molecule has 0 saturated carbocycles. The van der Waals surface area contributed by atoms with E-state index in [0.717, 1.165) is 13.2 Å². The van der Waals surface area contributed by atoms with E-state index in [4.69, 9.17) is 9.90 Å². The van der Waals surface area contributed by atoms with E-state index >= 15 is 0 Å². The van der Waals surface area contributed by atoms with Crippen molar-refractivity contribution in [2.24, 2.45) is 0 Å². The molecule has 0 radical (unpaired) electrons. The first-order valence-electron chi connectivity index (χ1n) is 4.43. The summed E-state index contributed by atoms with van der Waals surface area (Å²) in [4.78, 5) is 20.9. The minimum atomic E-state index is -2.79. The van der Waals surface area contributed by atoms with Gasteiger partial charge in [0.05, 0.1) is 18.1 Å². The highest BCUT2D eigenvalue weighted by atomic mass is 32.2. The van der Waals surface area contributed by atoms with Gasteiger partial charge in [0.1, 0.15) is 6.29 Å². The molecule has 0 aromatic heterocycles. The Morgan fingerprint density at radius 1 is 1.40 bits per heavy atom. The molecule has 1 saturated heterocycles. The first-order chi connectivity index (χ1) is 6.87. The van der Waals surface area contributed by atoms with Crippen LogP contribution in [0.3, 0.4) is 0 Å². The largest absolute Gasteiger partial charge is 0.481 e. The van der Waals surface area contributed by atoms with Crippen LogP contribution < -0.4 is 0 Å². The number of aliphatic carboxylic acids is 1. The van der Waals surface area contributed by atoms with Gasteiger partial charge >= 0.3 is 0 Å². The van der Waals surface area contributed by atoms with E-state index in [-0.39, 0.29) is 11.5 Å². The second kappa shape index (κ2) is 6.52. The summed E-state index contributed by atoms with van der Waals surface area (Å²) in [6.45, 7) is 2.44. The van der Waals surface area contributed by atoms with Crippen molar-refractivity contribution in [1.29, 1.82) is 0 Å². The Labute approximate surface area is 88.8 Å². The highest BCUT2D eigenvalue weighted by Crippen LogP contribution is 2.01. The molecule has 0 atom stereocenters. The average Bonchev–Trinajstić information content (AvgIpc) is 2.08. The molecule has 6 nitrogen and oxygen atoms in total. The van der Waals surface area contributed by atoms with Crippen LogP contribution in [0.5, 0.6) is 0 Å². The van der Waals surface area contributed by atoms with Crippen LogP contribution in [0.15, 0.2) is 0 Å². The molecule has 0 aromatic rings. The van der Waals surface area contributed by atoms with Gasteiger partial charge in [-0.15, -0.1) is 0 Å². The van der Waals surface area contributed by atoms with Crippen molar-refractivity contribution >= 4 is 22.1 Å². The predicted molar refractivity (Wildman–Crippen MR) is 54.5 cm³/mol. The van der Waals surface area contributed by atoms with Crippen molar-refractivity contribution in [3.05, 3.63) is 0 Å². The molecule has 0 amide bonds. The molecule has 0 bridgehead atoms. The summed E-state index contributed by atoms with van der Waals surface area (Å²) in [6.07, 6.45) is 0.804. The van der Waals surface area contributed by atoms with Gasteiger partial charge < -0.3 is 9.90 Å². The summed E-state index contributed by atoms with van der Waals surface area (Å²) in [5.74, 6) is -0.443. The number of carboxylic acid groups (broad SMARTS) is 1. The summed E-state index contributed by atoms with van der Waals surface area (Å²) in [5, 5.41) is 7.42. The molecule has 7 heteroatoms. The molecule has 1 heterocycles. The van der Waals surface area contributed by atoms with E-state index in [1.165, 1.54) is 0 Å². The number of rotatable bonds is 2. The summed E-state index contributed by atoms with van der Waals surface area (Å²) in [7, 11) is -2.79. The van der Waals surface area contributed by atoms with Gasteiger partial charge in [-0.05, 0) is 0 Å². The molecule has 1 rings (SSSR count). The molecule has 1 fully saturated rings. The third kappa shape index (κ3) is 8.07. The van der Waals surface area contributed by atoms with Gasteiger partial charge in [0, 0.05) is 20.0 Å². The van der Waals surface area contributed by atoms with Gasteiger partial charge in [-0.25, -0.2) is 8.42 Å². The average molecular weight is 237 g/mol. The van der Waals surface area contributed by atoms with Gasteiger partial charge in [-0.2, -0.15) is 0 Å². The van der Waals surface area contributed by atoms with Crippen LogP contribution in [-0.2, 0) is 19.4 Å².